The molecule has 0 N–H and O–H groups in total. The van der Waals surface area contributed by atoms with Crippen molar-refractivity contribution in [3.8, 4) is 0 Å². The van der Waals surface area contributed by atoms with Gasteiger partial charge in [-0.05, 0) is 0 Å². The van der Waals surface area contributed by atoms with Gasteiger partial charge in [0, 0.05) is 18.2 Å². The number of hydrogen-bond donors (Lipinski definition) is 0. The first-order valence-electron chi connectivity index (χ1n) is 5.68. The van der Waals surface area contributed by atoms with Crippen LogP contribution in [0.4, 0.5) is 0 Å². The van der Waals surface area contributed by atoms with E-state index in [2.05, 4.69) is 19.7 Å². The van der Waals surface area contributed by atoms with Gasteiger partial charge in [-0.1, -0.05) is 40.5 Å². The first-order chi connectivity index (χ1) is 9.11. The first-order valence-corrected chi connectivity index (χ1v) is 7.40. The fourth-order valence-electron chi connectivity index (χ4n) is 1.04. The predicted octanol–water partition coefficient (Wildman–Crippen LogP) is 1.91. The van der Waals surface area contributed by atoms with E-state index in [9.17, 15) is 14.4 Å². The Morgan fingerprint density at radius 1 is 0.800 bits per heavy atom. The molecule has 0 aromatic carbocycles. The Morgan fingerprint density at radius 2 is 1.05 bits per heavy atom. The molecular weight excluding hydrogens is 280 g/mol. The van der Waals surface area contributed by atoms with E-state index < -0.39 is 31.8 Å². The highest BCUT2D eigenvalue weighted by Gasteiger charge is 2.63. The molecule has 0 aliphatic carbocycles. The minimum atomic E-state index is -4.01. The molecule has 0 aromatic rings. The topological polar surface area (TPSA) is 78.9 Å². The second-order valence-corrected chi connectivity index (χ2v) is 7.91. The van der Waals surface area contributed by atoms with Crippen molar-refractivity contribution in [2.45, 2.75) is 25.8 Å². The lowest BCUT2D eigenvalue weighted by Gasteiger charge is -2.35. The summed E-state index contributed by atoms with van der Waals surface area (Å²) in [4.78, 5) is 34.4. The maximum Gasteiger partial charge on any atom is 0.711 e. The van der Waals surface area contributed by atoms with Gasteiger partial charge < -0.3 is 13.3 Å². The number of rotatable bonds is 6. The van der Waals surface area contributed by atoms with Crippen LogP contribution in [0.5, 0.6) is 0 Å². The SMILES string of the molecule is C=CC(=O)O[Si](OC(=O)C=C)(OC(=O)C=C)C(C)(C)C. The van der Waals surface area contributed by atoms with Gasteiger partial charge in [-0.2, -0.15) is 0 Å². The zero-order valence-corrected chi connectivity index (χ0v) is 12.8. The van der Waals surface area contributed by atoms with Gasteiger partial charge >= 0.3 is 26.7 Å². The van der Waals surface area contributed by atoms with Crippen molar-refractivity contribution in [2.24, 2.45) is 0 Å². The van der Waals surface area contributed by atoms with E-state index in [4.69, 9.17) is 13.3 Å². The van der Waals surface area contributed by atoms with Gasteiger partial charge in [-0.25, -0.2) is 14.4 Å². The molecule has 0 radical (unpaired) electrons. The molecule has 0 aliphatic heterocycles. The number of carbonyl (C=O) groups excluding carboxylic acids is 3. The normalized spacial score (nSPS) is 10.9. The molecule has 0 aromatic heterocycles. The molecule has 7 heteroatoms. The molecule has 0 unspecified atom stereocenters. The summed E-state index contributed by atoms with van der Waals surface area (Å²) in [5.41, 5.74) is 0. The lowest BCUT2D eigenvalue weighted by molar-refractivity contribution is -0.145. The summed E-state index contributed by atoms with van der Waals surface area (Å²) >= 11 is 0. The van der Waals surface area contributed by atoms with Gasteiger partial charge in [0.15, 0.2) is 0 Å². The third kappa shape index (κ3) is 4.50. The largest absolute Gasteiger partial charge is 0.711 e. The molecule has 20 heavy (non-hydrogen) atoms. The van der Waals surface area contributed by atoms with Crippen LogP contribution < -0.4 is 0 Å². The number of hydrogen-bond acceptors (Lipinski definition) is 6. The zero-order chi connectivity index (χ0) is 16.0. The average molecular weight is 298 g/mol. The summed E-state index contributed by atoms with van der Waals surface area (Å²) < 4.78 is 15.3. The number of carbonyl (C=O) groups is 3. The van der Waals surface area contributed by atoms with Crippen LogP contribution in [0, 0.1) is 0 Å². The van der Waals surface area contributed by atoms with Crippen LogP contribution in [0.2, 0.25) is 5.04 Å². The maximum atomic E-state index is 11.5. The van der Waals surface area contributed by atoms with E-state index in [0.717, 1.165) is 18.2 Å². The van der Waals surface area contributed by atoms with E-state index in [1.807, 2.05) is 0 Å². The Kier molecular flexibility index (Phi) is 6.11. The van der Waals surface area contributed by atoms with E-state index in [-0.39, 0.29) is 0 Å². The highest BCUT2D eigenvalue weighted by atomic mass is 28.4. The fourth-order valence-corrected chi connectivity index (χ4v) is 3.13. The monoisotopic (exact) mass is 298 g/mol. The first kappa shape index (κ1) is 17.8. The van der Waals surface area contributed by atoms with Crippen molar-refractivity contribution in [1.82, 2.24) is 0 Å². The van der Waals surface area contributed by atoms with Crippen LogP contribution in [-0.2, 0) is 27.7 Å². The molecule has 0 fully saturated rings. The quantitative estimate of drug-likeness (QED) is 0.550. The predicted molar refractivity (Wildman–Crippen MR) is 74.3 cm³/mol. The van der Waals surface area contributed by atoms with E-state index in [0.29, 0.717) is 0 Å². The molecule has 0 bridgehead atoms. The second kappa shape index (κ2) is 6.85. The lowest BCUT2D eigenvalue weighted by atomic mass is 10.3. The van der Waals surface area contributed by atoms with Gasteiger partial charge in [0.2, 0.25) is 0 Å². The summed E-state index contributed by atoms with van der Waals surface area (Å²) in [5.74, 6) is -2.58. The molecule has 0 saturated heterocycles. The highest BCUT2D eigenvalue weighted by Crippen LogP contribution is 2.39. The van der Waals surface area contributed by atoms with Crippen molar-refractivity contribution in [3.63, 3.8) is 0 Å². The fraction of sp³-hybridized carbons (Fsp3) is 0.308. The highest BCUT2D eigenvalue weighted by molar-refractivity contribution is 6.69. The van der Waals surface area contributed by atoms with Crippen molar-refractivity contribution in [2.75, 3.05) is 0 Å². The Morgan fingerprint density at radius 3 is 1.20 bits per heavy atom. The molecule has 0 atom stereocenters. The third-order valence-corrected chi connectivity index (χ3v) is 5.37. The van der Waals surface area contributed by atoms with Crippen molar-refractivity contribution < 1.29 is 27.7 Å². The summed E-state index contributed by atoms with van der Waals surface area (Å²) in [7, 11) is -4.01. The Bertz CT molecular complexity index is 391. The lowest BCUT2D eigenvalue weighted by Crippen LogP contribution is -2.56. The van der Waals surface area contributed by atoms with Gasteiger partial charge in [0.25, 0.3) is 0 Å². The summed E-state index contributed by atoms with van der Waals surface area (Å²) in [6.07, 6.45) is 2.66. The second-order valence-electron chi connectivity index (χ2n) is 4.68. The molecule has 0 saturated carbocycles. The molecule has 0 heterocycles. The van der Waals surface area contributed by atoms with Crippen LogP contribution in [0.25, 0.3) is 0 Å². The molecule has 0 rings (SSSR count). The van der Waals surface area contributed by atoms with Crippen molar-refractivity contribution >= 4 is 26.7 Å². The van der Waals surface area contributed by atoms with Gasteiger partial charge in [-0.3, -0.25) is 0 Å². The van der Waals surface area contributed by atoms with Crippen LogP contribution in [0.3, 0.4) is 0 Å². The van der Waals surface area contributed by atoms with Gasteiger partial charge in [-0.15, -0.1) is 0 Å². The average Bonchev–Trinajstić information content (AvgIpc) is 2.36. The summed E-state index contributed by atoms with van der Waals surface area (Å²) in [6, 6.07) is 0. The van der Waals surface area contributed by atoms with Gasteiger partial charge in [0.05, 0.1) is 5.04 Å². The van der Waals surface area contributed by atoms with E-state index in [1.54, 1.807) is 20.8 Å². The van der Waals surface area contributed by atoms with E-state index in [1.165, 1.54) is 0 Å². The zero-order valence-electron chi connectivity index (χ0n) is 11.8. The third-order valence-electron chi connectivity index (χ3n) is 2.12. The molecule has 110 valence electrons. The smallest absolute Gasteiger partial charge is 0.452 e. The molecule has 0 aliphatic rings. The molecule has 0 spiro atoms. The minimum Gasteiger partial charge on any atom is -0.452 e. The molecule has 6 nitrogen and oxygen atoms in total. The maximum absolute atomic E-state index is 11.5. The van der Waals surface area contributed by atoms with Crippen molar-refractivity contribution in [3.05, 3.63) is 38.0 Å². The molecule has 0 amide bonds. The van der Waals surface area contributed by atoms with Crippen LogP contribution >= 0.6 is 0 Å². The Labute approximate surface area is 119 Å². The van der Waals surface area contributed by atoms with Crippen LogP contribution in [0.15, 0.2) is 38.0 Å². The Hall–Kier alpha value is -2.15. The van der Waals surface area contributed by atoms with Gasteiger partial charge in [0.1, 0.15) is 0 Å². The summed E-state index contributed by atoms with van der Waals surface area (Å²) in [5, 5.41) is -0.928. The summed E-state index contributed by atoms with van der Waals surface area (Å²) in [6.45, 7) is 14.6. The van der Waals surface area contributed by atoms with Crippen molar-refractivity contribution in [1.29, 1.82) is 0 Å². The van der Waals surface area contributed by atoms with E-state index >= 15 is 0 Å². The van der Waals surface area contributed by atoms with Crippen LogP contribution in [-0.4, -0.2) is 26.7 Å². The standard InChI is InChI=1S/C13H18O6Si/c1-7-10(14)17-20(13(4,5)6,18-11(15)8-2)19-12(16)9-3/h7-9H,1-3H2,4-6H3. The van der Waals surface area contributed by atoms with Crippen LogP contribution in [0.1, 0.15) is 20.8 Å². The Balaban J connectivity index is 5.73. The minimum absolute atomic E-state index is 0.861. The molecular formula is C13H18O6Si.